The maximum absolute atomic E-state index is 12.0. The van der Waals surface area contributed by atoms with E-state index < -0.39 is 5.97 Å². The maximum atomic E-state index is 12.0. The van der Waals surface area contributed by atoms with E-state index in [1.165, 1.54) is 11.3 Å². The van der Waals surface area contributed by atoms with E-state index in [2.05, 4.69) is 22.2 Å². The molecule has 0 spiro atoms. The molecule has 2 rings (SSSR count). The van der Waals surface area contributed by atoms with Gasteiger partial charge in [-0.2, -0.15) is 0 Å². The molecule has 0 unspecified atom stereocenters. The van der Waals surface area contributed by atoms with Gasteiger partial charge in [0, 0.05) is 18.5 Å². The highest BCUT2D eigenvalue weighted by Crippen LogP contribution is 2.28. The Morgan fingerprint density at radius 2 is 1.97 bits per heavy atom. The van der Waals surface area contributed by atoms with Gasteiger partial charge in [-0.1, -0.05) is 12.1 Å². The topological polar surface area (TPSA) is 98.8 Å². The van der Waals surface area contributed by atoms with Crippen LogP contribution in [0.4, 0.5) is 5.13 Å². The van der Waals surface area contributed by atoms with Crippen LogP contribution in [0.1, 0.15) is 29.9 Å². The van der Waals surface area contributed by atoms with Crippen LogP contribution in [-0.2, 0) is 16.0 Å². The summed E-state index contributed by atoms with van der Waals surface area (Å²) in [6.45, 7) is 9.11. The fourth-order valence-corrected chi connectivity index (χ4v) is 3.15. The minimum absolute atomic E-state index is 0.164. The number of aromatic nitrogens is 1. The number of hydrogen-bond donors (Lipinski definition) is 2. The Labute approximate surface area is 180 Å². The van der Waals surface area contributed by atoms with Gasteiger partial charge in [-0.3, -0.25) is 4.79 Å². The molecule has 0 aliphatic rings. The van der Waals surface area contributed by atoms with Crippen molar-refractivity contribution in [1.29, 1.82) is 0 Å². The normalized spacial score (nSPS) is 10.2. The average molecular weight is 434 g/mol. The van der Waals surface area contributed by atoms with E-state index in [0.29, 0.717) is 49.4 Å². The zero-order valence-corrected chi connectivity index (χ0v) is 18.0. The van der Waals surface area contributed by atoms with Crippen LogP contribution in [0.2, 0.25) is 0 Å². The lowest BCUT2D eigenvalue weighted by molar-refractivity contribution is -0.124. The third-order valence-electron chi connectivity index (χ3n) is 3.79. The van der Waals surface area contributed by atoms with Gasteiger partial charge in [-0.15, -0.1) is 17.9 Å². The van der Waals surface area contributed by atoms with Crippen molar-refractivity contribution in [3.8, 4) is 11.5 Å². The van der Waals surface area contributed by atoms with Gasteiger partial charge in [-0.05, 0) is 38.0 Å². The summed E-state index contributed by atoms with van der Waals surface area (Å²) >= 11 is 1.28. The molecule has 0 saturated carbocycles. The van der Waals surface area contributed by atoms with E-state index in [1.54, 1.807) is 11.5 Å². The summed E-state index contributed by atoms with van der Waals surface area (Å²) in [6.07, 6.45) is 2.30. The Hall–Kier alpha value is -3.07. The number of esters is 1. The van der Waals surface area contributed by atoms with Crippen LogP contribution in [-0.4, -0.2) is 49.8 Å². The molecular weight excluding hydrogens is 406 g/mol. The Morgan fingerprint density at radius 1 is 1.20 bits per heavy atom. The average Bonchev–Trinajstić information content (AvgIpc) is 3.22. The van der Waals surface area contributed by atoms with Crippen LogP contribution in [0.3, 0.4) is 0 Å². The van der Waals surface area contributed by atoms with Gasteiger partial charge in [0.05, 0.1) is 13.2 Å². The molecule has 8 nitrogen and oxygen atoms in total. The van der Waals surface area contributed by atoms with E-state index >= 15 is 0 Å². The number of nitrogens with one attached hydrogen (secondary N) is 2. The van der Waals surface area contributed by atoms with Crippen molar-refractivity contribution in [2.24, 2.45) is 0 Å². The number of carbonyl (C=O) groups excluding carboxylic acids is 2. The smallest absolute Gasteiger partial charge is 0.358 e. The Bertz CT molecular complexity index is 853. The van der Waals surface area contributed by atoms with Crippen molar-refractivity contribution in [2.45, 2.75) is 20.3 Å². The molecule has 0 aliphatic heterocycles. The first-order valence-electron chi connectivity index (χ1n) is 9.70. The van der Waals surface area contributed by atoms with E-state index in [0.717, 1.165) is 5.56 Å². The van der Waals surface area contributed by atoms with Crippen molar-refractivity contribution < 1.29 is 23.8 Å². The number of hydrogen-bond acceptors (Lipinski definition) is 8. The molecule has 2 aromatic rings. The van der Waals surface area contributed by atoms with Crippen molar-refractivity contribution in [3.63, 3.8) is 0 Å². The fourth-order valence-electron chi connectivity index (χ4n) is 2.46. The van der Waals surface area contributed by atoms with E-state index in [-0.39, 0.29) is 18.2 Å². The molecule has 9 heteroatoms. The van der Waals surface area contributed by atoms with Gasteiger partial charge in [0.25, 0.3) is 5.91 Å². The second kappa shape index (κ2) is 12.5. The molecule has 1 aromatic carbocycles. The first-order valence-corrected chi connectivity index (χ1v) is 10.6. The number of anilines is 1. The van der Waals surface area contributed by atoms with E-state index in [4.69, 9.17) is 14.2 Å². The lowest BCUT2D eigenvalue weighted by Crippen LogP contribution is -2.30. The van der Waals surface area contributed by atoms with Gasteiger partial charge in [0.2, 0.25) is 0 Å². The quantitative estimate of drug-likeness (QED) is 0.370. The summed E-state index contributed by atoms with van der Waals surface area (Å²) in [7, 11) is 0. The molecule has 1 heterocycles. The lowest BCUT2D eigenvalue weighted by Gasteiger charge is -2.12. The molecule has 30 heavy (non-hydrogen) atoms. The van der Waals surface area contributed by atoms with E-state index in [9.17, 15) is 9.59 Å². The van der Waals surface area contributed by atoms with Crippen LogP contribution in [0.15, 0.2) is 36.2 Å². The number of rotatable bonds is 13. The van der Waals surface area contributed by atoms with E-state index in [1.807, 2.05) is 32.0 Å². The van der Waals surface area contributed by atoms with Crippen LogP contribution in [0.5, 0.6) is 11.5 Å². The SMILES string of the molecule is C=CCNc1nc(C(=O)OCC(=O)NCCc2ccc(OCC)c(OCC)c2)cs1. The van der Waals surface area contributed by atoms with Gasteiger partial charge in [0.1, 0.15) is 0 Å². The largest absolute Gasteiger partial charge is 0.490 e. The second-order valence-corrected chi connectivity index (χ2v) is 6.89. The zero-order chi connectivity index (χ0) is 21.8. The summed E-state index contributed by atoms with van der Waals surface area (Å²) in [5, 5.41) is 7.89. The van der Waals surface area contributed by atoms with Crippen LogP contribution in [0, 0.1) is 0 Å². The van der Waals surface area contributed by atoms with Gasteiger partial charge < -0.3 is 24.8 Å². The number of thiazole rings is 1. The minimum atomic E-state index is -0.638. The molecule has 0 bridgehead atoms. The Kier molecular flexibility index (Phi) is 9.66. The van der Waals surface area contributed by atoms with Crippen molar-refractivity contribution in [1.82, 2.24) is 10.3 Å². The summed E-state index contributed by atoms with van der Waals surface area (Å²) in [6, 6.07) is 5.69. The van der Waals surface area contributed by atoms with Crippen molar-refractivity contribution in [3.05, 3.63) is 47.5 Å². The molecule has 2 N–H and O–H groups in total. The summed E-state index contributed by atoms with van der Waals surface area (Å²) in [4.78, 5) is 28.0. The first kappa shape index (κ1) is 23.2. The molecule has 1 amide bonds. The standard InChI is InChI=1S/C21H27N3O5S/c1-4-10-23-21-24-16(14-30-21)20(26)29-13-19(25)22-11-9-15-7-8-17(27-5-2)18(12-15)28-6-3/h4,7-8,12,14H,1,5-6,9-11,13H2,2-3H3,(H,22,25)(H,23,24). The minimum Gasteiger partial charge on any atom is -0.490 e. The maximum Gasteiger partial charge on any atom is 0.358 e. The Balaban J connectivity index is 1.75. The molecule has 0 atom stereocenters. The number of carbonyl (C=O) groups is 2. The number of benzene rings is 1. The Morgan fingerprint density at radius 3 is 2.70 bits per heavy atom. The predicted molar refractivity (Wildman–Crippen MR) is 117 cm³/mol. The highest BCUT2D eigenvalue weighted by molar-refractivity contribution is 7.13. The van der Waals surface area contributed by atoms with Crippen LogP contribution >= 0.6 is 11.3 Å². The third kappa shape index (κ3) is 7.40. The molecule has 162 valence electrons. The van der Waals surface area contributed by atoms with Gasteiger partial charge >= 0.3 is 5.97 Å². The first-order chi connectivity index (χ1) is 14.6. The van der Waals surface area contributed by atoms with Crippen molar-refractivity contribution >= 4 is 28.3 Å². The molecular formula is C21H27N3O5S. The zero-order valence-electron chi connectivity index (χ0n) is 17.2. The lowest BCUT2D eigenvalue weighted by atomic mass is 10.1. The number of amides is 1. The van der Waals surface area contributed by atoms with Crippen LogP contribution < -0.4 is 20.1 Å². The highest BCUT2D eigenvalue weighted by atomic mass is 32.1. The number of ether oxygens (including phenoxy) is 3. The molecule has 0 aliphatic carbocycles. The second-order valence-electron chi connectivity index (χ2n) is 6.03. The fraction of sp³-hybridized carbons (Fsp3) is 0.381. The summed E-state index contributed by atoms with van der Waals surface area (Å²) in [5.41, 5.74) is 1.17. The molecule has 0 radical (unpaired) electrons. The monoisotopic (exact) mass is 433 g/mol. The summed E-state index contributed by atoms with van der Waals surface area (Å²) < 4.78 is 16.2. The molecule has 0 fully saturated rings. The predicted octanol–water partition coefficient (Wildman–Crippen LogP) is 3.05. The number of nitrogens with zero attached hydrogens (tertiary/aromatic N) is 1. The molecule has 1 aromatic heterocycles. The van der Waals surface area contributed by atoms with Crippen LogP contribution in [0.25, 0.3) is 0 Å². The molecule has 0 saturated heterocycles. The third-order valence-corrected chi connectivity index (χ3v) is 4.59. The van der Waals surface area contributed by atoms with Gasteiger partial charge in [0.15, 0.2) is 28.9 Å². The highest BCUT2D eigenvalue weighted by Gasteiger charge is 2.14. The van der Waals surface area contributed by atoms with Gasteiger partial charge in [-0.25, -0.2) is 9.78 Å². The van der Waals surface area contributed by atoms with Crippen molar-refractivity contribution in [2.75, 3.05) is 38.2 Å². The summed E-state index contributed by atoms with van der Waals surface area (Å²) in [5.74, 6) is 0.367.